The number of aryl methyl sites for hydroxylation is 2. The second-order valence-electron chi connectivity index (χ2n) is 8.40. The molecule has 1 unspecified atom stereocenters. The van der Waals surface area contributed by atoms with Crippen LogP contribution in [-0.2, 0) is 4.74 Å². The largest absolute Gasteiger partial charge is 0.363 e. The number of hydrazine groups is 1. The van der Waals surface area contributed by atoms with Crippen LogP contribution in [0.4, 0.5) is 11.4 Å². The number of carbonyl (C=O) groups excluding carboxylic acids is 2. The van der Waals surface area contributed by atoms with E-state index in [4.69, 9.17) is 16.3 Å². The Hall–Kier alpha value is -2.84. The van der Waals surface area contributed by atoms with Crippen molar-refractivity contribution < 1.29 is 14.3 Å². The molecule has 1 atom stereocenters. The maximum atomic E-state index is 13.6. The Morgan fingerprint density at radius 2 is 1.89 bits per heavy atom. The topological polar surface area (TPSA) is 70.7 Å². The molecule has 0 fully saturated rings. The van der Waals surface area contributed by atoms with Crippen molar-refractivity contribution in [1.82, 2.24) is 5.43 Å². The molecule has 6 nitrogen and oxygen atoms in total. The van der Waals surface area contributed by atoms with Crippen molar-refractivity contribution in [2.75, 3.05) is 29.1 Å². The van der Waals surface area contributed by atoms with Crippen molar-refractivity contribution in [3.63, 3.8) is 0 Å². The average Bonchev–Trinajstić information content (AvgIpc) is 3.01. The predicted molar refractivity (Wildman–Crippen MR) is 143 cm³/mol. The molecule has 2 amide bonds. The van der Waals surface area contributed by atoms with E-state index < -0.39 is 0 Å². The highest BCUT2D eigenvalue weighted by Crippen LogP contribution is 2.36. The molecule has 0 spiro atoms. The highest BCUT2D eigenvalue weighted by molar-refractivity contribution is 7.98. The Morgan fingerprint density at radius 1 is 1.09 bits per heavy atom. The Labute approximate surface area is 215 Å². The van der Waals surface area contributed by atoms with Gasteiger partial charge >= 0.3 is 0 Å². The number of nitrogens with one attached hydrogen (secondary N) is 2. The Balaban J connectivity index is 1.59. The molecule has 1 aliphatic heterocycles. The van der Waals surface area contributed by atoms with Gasteiger partial charge < -0.3 is 10.1 Å². The van der Waals surface area contributed by atoms with Gasteiger partial charge in [0, 0.05) is 33.9 Å². The van der Waals surface area contributed by atoms with E-state index in [9.17, 15) is 9.59 Å². The average molecular weight is 510 g/mol. The number of rotatable bonds is 6. The summed E-state index contributed by atoms with van der Waals surface area (Å²) in [6.07, 6.45) is 2.53. The second-order valence-corrected chi connectivity index (χ2v) is 9.65. The fourth-order valence-electron chi connectivity index (χ4n) is 4.17. The highest BCUT2D eigenvalue weighted by atomic mass is 35.5. The molecule has 0 bridgehead atoms. The number of ether oxygens (including phenoxy) is 1. The van der Waals surface area contributed by atoms with E-state index in [1.807, 2.05) is 56.5 Å². The lowest BCUT2D eigenvalue weighted by Crippen LogP contribution is -2.43. The number of carbonyl (C=O) groups is 2. The molecule has 0 saturated carbocycles. The van der Waals surface area contributed by atoms with Crippen LogP contribution >= 0.6 is 23.4 Å². The molecule has 0 aromatic heterocycles. The highest BCUT2D eigenvalue weighted by Gasteiger charge is 2.28. The quantitative estimate of drug-likeness (QED) is 0.390. The Bertz CT molecular complexity index is 1250. The van der Waals surface area contributed by atoms with Crippen molar-refractivity contribution in [2.24, 2.45) is 0 Å². The minimum atomic E-state index is -0.187. The molecule has 2 N–H and O–H groups in total. The molecule has 1 aliphatic rings. The van der Waals surface area contributed by atoms with Crippen molar-refractivity contribution in [3.8, 4) is 0 Å². The minimum Gasteiger partial charge on any atom is -0.363 e. The SMILES string of the molecule is CSCOC1CCNN(C(=O)c2ccc(NC(=O)c3ccccc3C)cc2C)c2ccc(Cl)cc21. The van der Waals surface area contributed by atoms with Gasteiger partial charge in [0.2, 0.25) is 0 Å². The molecular formula is C27H28ClN3O3S. The summed E-state index contributed by atoms with van der Waals surface area (Å²) >= 11 is 7.90. The van der Waals surface area contributed by atoms with Crippen LogP contribution < -0.4 is 15.8 Å². The van der Waals surface area contributed by atoms with E-state index in [1.54, 1.807) is 41.0 Å². The second kappa shape index (κ2) is 11.3. The first-order valence-electron chi connectivity index (χ1n) is 11.3. The summed E-state index contributed by atoms with van der Waals surface area (Å²) in [4.78, 5) is 26.3. The Kier molecular flexibility index (Phi) is 8.13. The first kappa shape index (κ1) is 25.3. The number of thioether (sulfide) groups is 1. The molecule has 0 aliphatic carbocycles. The van der Waals surface area contributed by atoms with Crippen LogP contribution in [0, 0.1) is 13.8 Å². The maximum absolute atomic E-state index is 13.6. The zero-order chi connectivity index (χ0) is 24.9. The van der Waals surface area contributed by atoms with Crippen LogP contribution in [0.25, 0.3) is 0 Å². The van der Waals surface area contributed by atoms with Gasteiger partial charge in [-0.1, -0.05) is 29.8 Å². The fraction of sp³-hybridized carbons (Fsp3) is 0.259. The van der Waals surface area contributed by atoms with Gasteiger partial charge in [-0.3, -0.25) is 9.59 Å². The van der Waals surface area contributed by atoms with Crippen LogP contribution in [0.2, 0.25) is 5.02 Å². The lowest BCUT2D eigenvalue weighted by Gasteiger charge is -2.25. The minimum absolute atomic E-state index is 0.165. The fourth-order valence-corrected chi connectivity index (χ4v) is 4.65. The lowest BCUT2D eigenvalue weighted by atomic mass is 10.0. The summed E-state index contributed by atoms with van der Waals surface area (Å²) in [5.74, 6) is 0.186. The molecule has 1 heterocycles. The first-order chi connectivity index (χ1) is 16.9. The normalized spacial score (nSPS) is 15.3. The lowest BCUT2D eigenvalue weighted by molar-refractivity contribution is 0.0857. The van der Waals surface area contributed by atoms with Crippen LogP contribution in [0.5, 0.6) is 0 Å². The van der Waals surface area contributed by atoms with Gasteiger partial charge in [-0.05, 0) is 80.1 Å². The Morgan fingerprint density at radius 3 is 2.63 bits per heavy atom. The molecule has 0 saturated heterocycles. The summed E-state index contributed by atoms with van der Waals surface area (Å²) in [6, 6.07) is 18.2. The predicted octanol–water partition coefficient (Wildman–Crippen LogP) is 6.14. The number of hydrogen-bond donors (Lipinski definition) is 2. The number of anilines is 2. The third kappa shape index (κ3) is 5.70. The van der Waals surface area contributed by atoms with Gasteiger partial charge in [-0.15, -0.1) is 11.8 Å². The van der Waals surface area contributed by atoms with Gasteiger partial charge in [0.05, 0.1) is 17.7 Å². The monoisotopic (exact) mass is 509 g/mol. The van der Waals surface area contributed by atoms with Gasteiger partial charge in [0.25, 0.3) is 11.8 Å². The summed E-state index contributed by atoms with van der Waals surface area (Å²) in [5, 5.41) is 5.10. The first-order valence-corrected chi connectivity index (χ1v) is 13.1. The molecule has 3 aromatic carbocycles. The standard InChI is InChI=1S/C27H28ClN3O3S/c1-17-6-4-5-7-21(17)26(32)30-20-9-10-22(18(2)14-20)27(33)31-24-11-8-19(28)15-23(24)25(12-13-29-31)34-16-35-3/h4-11,14-15,25,29H,12-13,16H2,1-3H3,(H,30,32). The van der Waals surface area contributed by atoms with E-state index in [2.05, 4.69) is 10.7 Å². The number of amides is 2. The summed E-state index contributed by atoms with van der Waals surface area (Å²) in [5.41, 5.74) is 8.30. The summed E-state index contributed by atoms with van der Waals surface area (Å²) in [7, 11) is 0. The van der Waals surface area contributed by atoms with Gasteiger partial charge in [0.1, 0.15) is 0 Å². The third-order valence-corrected chi connectivity index (χ3v) is 6.56. The van der Waals surface area contributed by atoms with E-state index in [0.717, 1.165) is 22.4 Å². The molecule has 35 heavy (non-hydrogen) atoms. The van der Waals surface area contributed by atoms with E-state index in [1.165, 1.54) is 0 Å². The van der Waals surface area contributed by atoms with Crippen molar-refractivity contribution >= 4 is 46.6 Å². The maximum Gasteiger partial charge on any atom is 0.272 e. The van der Waals surface area contributed by atoms with Crippen molar-refractivity contribution in [3.05, 3.63) is 93.5 Å². The van der Waals surface area contributed by atoms with Crippen molar-refractivity contribution in [2.45, 2.75) is 26.4 Å². The molecular weight excluding hydrogens is 482 g/mol. The number of fused-ring (bicyclic) bond motifs is 1. The van der Waals surface area contributed by atoms with Gasteiger partial charge in [-0.25, -0.2) is 10.4 Å². The molecule has 182 valence electrons. The zero-order valence-corrected chi connectivity index (χ0v) is 21.5. The number of hydrogen-bond acceptors (Lipinski definition) is 5. The van der Waals surface area contributed by atoms with Crippen molar-refractivity contribution in [1.29, 1.82) is 0 Å². The number of halogens is 1. The summed E-state index contributed by atoms with van der Waals surface area (Å²) in [6.45, 7) is 4.33. The van der Waals surface area contributed by atoms with Crippen LogP contribution in [0.1, 0.15) is 49.9 Å². The number of benzene rings is 3. The number of nitrogens with zero attached hydrogens (tertiary/aromatic N) is 1. The van der Waals surface area contributed by atoms with E-state index >= 15 is 0 Å². The molecule has 0 radical (unpaired) electrons. The van der Waals surface area contributed by atoms with Crippen LogP contribution in [0.15, 0.2) is 60.7 Å². The van der Waals surface area contributed by atoms with Crippen LogP contribution in [0.3, 0.4) is 0 Å². The molecule has 3 aromatic rings. The zero-order valence-electron chi connectivity index (χ0n) is 19.9. The van der Waals surface area contributed by atoms with E-state index in [0.29, 0.717) is 40.7 Å². The molecule has 8 heteroatoms. The third-order valence-electron chi connectivity index (χ3n) is 5.95. The van der Waals surface area contributed by atoms with Crippen LogP contribution in [-0.4, -0.2) is 30.6 Å². The molecule has 4 rings (SSSR count). The van der Waals surface area contributed by atoms with E-state index in [-0.39, 0.29) is 17.9 Å². The summed E-state index contributed by atoms with van der Waals surface area (Å²) < 4.78 is 6.03. The van der Waals surface area contributed by atoms with Gasteiger partial charge in [0.15, 0.2) is 0 Å². The smallest absolute Gasteiger partial charge is 0.272 e. The van der Waals surface area contributed by atoms with Gasteiger partial charge in [-0.2, -0.15) is 0 Å².